The van der Waals surface area contributed by atoms with Gasteiger partial charge in [-0.2, -0.15) is 0 Å². The summed E-state index contributed by atoms with van der Waals surface area (Å²) in [5.41, 5.74) is 0.774. The number of carboxylic acids is 1. The third-order valence-electron chi connectivity index (χ3n) is 2.57. The number of rotatable bonds is 8. The minimum atomic E-state index is -0.886. The molecule has 5 heteroatoms. The molecule has 0 aliphatic heterocycles. The van der Waals surface area contributed by atoms with Gasteiger partial charge in [-0.25, -0.2) is 4.39 Å². The number of ether oxygens (including phenoxy) is 1. The first-order valence-corrected chi connectivity index (χ1v) is 5.83. The predicted octanol–water partition coefficient (Wildman–Crippen LogP) is 1.97. The van der Waals surface area contributed by atoms with Crippen molar-refractivity contribution >= 4 is 5.97 Å². The molecule has 0 saturated heterocycles. The number of nitrogens with one attached hydrogen (secondary N) is 1. The van der Waals surface area contributed by atoms with Crippen LogP contribution in [0.25, 0.3) is 0 Å². The van der Waals surface area contributed by atoms with E-state index in [0.29, 0.717) is 13.2 Å². The molecule has 0 spiro atoms. The molecule has 100 valence electrons. The van der Waals surface area contributed by atoms with Gasteiger partial charge >= 0.3 is 5.97 Å². The van der Waals surface area contributed by atoms with Crippen LogP contribution in [0.15, 0.2) is 24.3 Å². The van der Waals surface area contributed by atoms with Crippen LogP contribution >= 0.6 is 0 Å². The smallest absolute Gasteiger partial charge is 0.305 e. The standard InChI is InChI=1S/C13H18FNO3/c1-18-8-2-7-15-12(9-13(16)17)10-3-5-11(14)6-4-10/h3-6,12,15H,2,7-9H2,1H3,(H,16,17). The Kier molecular flexibility index (Phi) is 6.32. The zero-order valence-electron chi connectivity index (χ0n) is 10.4. The van der Waals surface area contributed by atoms with Crippen LogP contribution in [-0.2, 0) is 9.53 Å². The molecule has 0 saturated carbocycles. The molecule has 0 aliphatic rings. The highest BCUT2D eigenvalue weighted by Gasteiger charge is 2.14. The van der Waals surface area contributed by atoms with Crippen LogP contribution in [-0.4, -0.2) is 31.3 Å². The van der Waals surface area contributed by atoms with Gasteiger partial charge < -0.3 is 15.2 Å². The lowest BCUT2D eigenvalue weighted by Gasteiger charge is -2.17. The van der Waals surface area contributed by atoms with Crippen molar-refractivity contribution < 1.29 is 19.0 Å². The normalized spacial score (nSPS) is 12.3. The average molecular weight is 255 g/mol. The van der Waals surface area contributed by atoms with Gasteiger partial charge in [-0.1, -0.05) is 12.1 Å². The largest absolute Gasteiger partial charge is 0.481 e. The Morgan fingerprint density at radius 1 is 1.44 bits per heavy atom. The maximum Gasteiger partial charge on any atom is 0.305 e. The van der Waals surface area contributed by atoms with Gasteiger partial charge in [-0.05, 0) is 30.7 Å². The number of halogens is 1. The summed E-state index contributed by atoms with van der Waals surface area (Å²) < 4.78 is 17.7. The summed E-state index contributed by atoms with van der Waals surface area (Å²) in [5.74, 6) is -1.21. The van der Waals surface area contributed by atoms with Crippen molar-refractivity contribution in [3.05, 3.63) is 35.6 Å². The maximum absolute atomic E-state index is 12.8. The molecule has 4 nitrogen and oxygen atoms in total. The van der Waals surface area contributed by atoms with Crippen LogP contribution in [0, 0.1) is 5.82 Å². The van der Waals surface area contributed by atoms with Crippen molar-refractivity contribution in [2.75, 3.05) is 20.3 Å². The molecule has 18 heavy (non-hydrogen) atoms. The second-order valence-corrected chi connectivity index (χ2v) is 4.00. The molecule has 1 atom stereocenters. The quantitative estimate of drug-likeness (QED) is 0.697. The maximum atomic E-state index is 12.8. The van der Waals surface area contributed by atoms with Gasteiger partial charge in [-0.3, -0.25) is 4.79 Å². The van der Waals surface area contributed by atoms with Gasteiger partial charge in [0.05, 0.1) is 6.42 Å². The molecule has 1 unspecified atom stereocenters. The van der Waals surface area contributed by atoms with E-state index in [2.05, 4.69) is 5.32 Å². The predicted molar refractivity (Wildman–Crippen MR) is 65.9 cm³/mol. The summed E-state index contributed by atoms with van der Waals surface area (Å²) in [6.07, 6.45) is 0.770. The Bertz CT molecular complexity index is 367. The number of carbonyl (C=O) groups is 1. The lowest BCUT2D eigenvalue weighted by atomic mass is 10.0. The van der Waals surface area contributed by atoms with Crippen LogP contribution in [0.1, 0.15) is 24.4 Å². The zero-order chi connectivity index (χ0) is 13.4. The fourth-order valence-corrected chi connectivity index (χ4v) is 1.67. The van der Waals surface area contributed by atoms with Crippen molar-refractivity contribution in [1.82, 2.24) is 5.32 Å². The molecule has 0 radical (unpaired) electrons. The number of methoxy groups -OCH3 is 1. The number of hydrogen-bond acceptors (Lipinski definition) is 3. The van der Waals surface area contributed by atoms with Crippen LogP contribution in [0.3, 0.4) is 0 Å². The second kappa shape index (κ2) is 7.79. The van der Waals surface area contributed by atoms with E-state index in [1.54, 1.807) is 19.2 Å². The van der Waals surface area contributed by atoms with E-state index in [1.807, 2.05) is 0 Å². The Morgan fingerprint density at radius 3 is 2.67 bits per heavy atom. The Labute approximate surface area is 106 Å². The molecule has 0 heterocycles. The molecule has 0 aromatic heterocycles. The van der Waals surface area contributed by atoms with E-state index in [1.165, 1.54) is 12.1 Å². The highest BCUT2D eigenvalue weighted by molar-refractivity contribution is 5.67. The van der Waals surface area contributed by atoms with E-state index in [9.17, 15) is 9.18 Å². The van der Waals surface area contributed by atoms with E-state index >= 15 is 0 Å². The van der Waals surface area contributed by atoms with Gasteiger partial charge in [0, 0.05) is 19.8 Å². The number of carboxylic acid groups (broad SMARTS) is 1. The molecule has 1 aromatic carbocycles. The summed E-state index contributed by atoms with van der Waals surface area (Å²) in [7, 11) is 1.62. The van der Waals surface area contributed by atoms with E-state index in [-0.39, 0.29) is 18.3 Å². The monoisotopic (exact) mass is 255 g/mol. The van der Waals surface area contributed by atoms with Gasteiger partial charge in [0.1, 0.15) is 5.82 Å². The van der Waals surface area contributed by atoms with Gasteiger partial charge in [0.15, 0.2) is 0 Å². The summed E-state index contributed by atoms with van der Waals surface area (Å²) in [6.45, 7) is 1.28. The Balaban J connectivity index is 2.59. The van der Waals surface area contributed by atoms with E-state index < -0.39 is 5.97 Å². The van der Waals surface area contributed by atoms with Crippen LogP contribution in [0.4, 0.5) is 4.39 Å². The summed E-state index contributed by atoms with van der Waals surface area (Å²) in [5, 5.41) is 12.0. The molecular formula is C13H18FNO3. The van der Waals surface area contributed by atoms with Gasteiger partial charge in [0.25, 0.3) is 0 Å². The lowest BCUT2D eigenvalue weighted by Crippen LogP contribution is -2.25. The minimum absolute atomic E-state index is 0.0292. The summed E-state index contributed by atoms with van der Waals surface area (Å²) in [6, 6.07) is 5.57. The molecule has 0 bridgehead atoms. The molecular weight excluding hydrogens is 237 g/mol. The fourth-order valence-electron chi connectivity index (χ4n) is 1.67. The summed E-state index contributed by atoms with van der Waals surface area (Å²) in [4.78, 5) is 10.8. The molecule has 2 N–H and O–H groups in total. The first-order valence-electron chi connectivity index (χ1n) is 5.83. The van der Waals surface area contributed by atoms with Gasteiger partial charge in [0.2, 0.25) is 0 Å². The SMILES string of the molecule is COCCCNC(CC(=O)O)c1ccc(F)cc1. The fraction of sp³-hybridized carbons (Fsp3) is 0.462. The van der Waals surface area contributed by atoms with E-state index in [0.717, 1.165) is 12.0 Å². The van der Waals surface area contributed by atoms with Gasteiger partial charge in [-0.15, -0.1) is 0 Å². The first kappa shape index (κ1) is 14.6. The van der Waals surface area contributed by atoms with Crippen molar-refractivity contribution in [3.63, 3.8) is 0 Å². The zero-order valence-corrected chi connectivity index (χ0v) is 10.4. The van der Waals surface area contributed by atoms with E-state index in [4.69, 9.17) is 9.84 Å². The molecule has 0 amide bonds. The number of benzene rings is 1. The highest BCUT2D eigenvalue weighted by Crippen LogP contribution is 2.17. The third-order valence-corrected chi connectivity index (χ3v) is 2.57. The minimum Gasteiger partial charge on any atom is -0.481 e. The van der Waals surface area contributed by atoms with Crippen molar-refractivity contribution in [3.8, 4) is 0 Å². The second-order valence-electron chi connectivity index (χ2n) is 4.00. The summed E-state index contributed by atoms with van der Waals surface area (Å²) >= 11 is 0. The molecule has 0 aliphatic carbocycles. The number of hydrogen-bond donors (Lipinski definition) is 2. The van der Waals surface area contributed by atoms with Crippen LogP contribution in [0.5, 0.6) is 0 Å². The Morgan fingerprint density at radius 2 is 2.11 bits per heavy atom. The van der Waals surface area contributed by atoms with Crippen LogP contribution < -0.4 is 5.32 Å². The van der Waals surface area contributed by atoms with Crippen molar-refractivity contribution in [2.24, 2.45) is 0 Å². The first-order chi connectivity index (χ1) is 8.63. The highest BCUT2D eigenvalue weighted by atomic mass is 19.1. The Hall–Kier alpha value is -1.46. The average Bonchev–Trinajstić information content (AvgIpc) is 2.34. The third kappa shape index (κ3) is 5.25. The molecule has 1 aromatic rings. The lowest BCUT2D eigenvalue weighted by molar-refractivity contribution is -0.137. The van der Waals surface area contributed by atoms with Crippen molar-refractivity contribution in [1.29, 1.82) is 0 Å². The number of aliphatic carboxylic acids is 1. The topological polar surface area (TPSA) is 58.6 Å². The van der Waals surface area contributed by atoms with Crippen molar-refractivity contribution in [2.45, 2.75) is 18.9 Å². The molecule has 1 rings (SSSR count). The molecule has 0 fully saturated rings. The van der Waals surface area contributed by atoms with Crippen LogP contribution in [0.2, 0.25) is 0 Å².